The fourth-order valence-electron chi connectivity index (χ4n) is 1.90. The quantitative estimate of drug-likeness (QED) is 0.616. The van der Waals surface area contributed by atoms with Gasteiger partial charge in [-0.15, -0.1) is 0 Å². The van der Waals surface area contributed by atoms with Crippen molar-refractivity contribution in [2.75, 3.05) is 0 Å². The summed E-state index contributed by atoms with van der Waals surface area (Å²) in [6.45, 7) is 5.81. The Balaban J connectivity index is 0.00000225. The number of aromatic nitrogens is 1. The first-order chi connectivity index (χ1) is 7.33. The molecule has 16 heavy (non-hydrogen) atoms. The number of aryl methyl sites for hydroxylation is 1. The van der Waals surface area contributed by atoms with Gasteiger partial charge >= 0.3 is 0 Å². The van der Waals surface area contributed by atoms with Crippen LogP contribution in [0.2, 0.25) is 0 Å². The number of unbranched alkanes of at least 4 members (excludes halogenated alkanes) is 1. The molecule has 92 valence electrons. The Hall–Kier alpha value is -0.560. The monoisotopic (exact) mass is 241 g/mol. The van der Waals surface area contributed by atoms with Gasteiger partial charge in [-0.05, 0) is 12.3 Å². The Morgan fingerprint density at radius 2 is 1.62 bits per heavy atom. The molecule has 0 N–H and O–H groups in total. The highest BCUT2D eigenvalue weighted by atomic mass is 35.5. The molecule has 0 fully saturated rings. The van der Waals surface area contributed by atoms with Gasteiger partial charge in [0, 0.05) is 18.6 Å². The number of halogens is 1. The molecule has 0 aliphatic heterocycles. The zero-order valence-electron chi connectivity index (χ0n) is 10.5. The molecule has 1 aromatic rings. The molecule has 0 aromatic carbocycles. The fourth-order valence-corrected chi connectivity index (χ4v) is 1.90. The largest absolute Gasteiger partial charge is 1.00 e. The first-order valence-electron chi connectivity index (χ1n) is 6.27. The van der Waals surface area contributed by atoms with E-state index >= 15 is 0 Å². The summed E-state index contributed by atoms with van der Waals surface area (Å²) in [6, 6.07) is 6.27. The van der Waals surface area contributed by atoms with Gasteiger partial charge in [0.1, 0.15) is 6.54 Å². The average Bonchev–Trinajstić information content (AvgIpc) is 2.28. The van der Waals surface area contributed by atoms with E-state index in [1.165, 1.54) is 32.1 Å². The summed E-state index contributed by atoms with van der Waals surface area (Å²) < 4.78 is 2.27. The molecule has 1 atom stereocenters. The molecule has 1 nitrogen and oxygen atoms in total. The second-order valence-corrected chi connectivity index (χ2v) is 4.50. The number of rotatable bonds is 7. The Labute approximate surface area is 106 Å². The number of hydrogen-bond acceptors (Lipinski definition) is 0. The first-order valence-corrected chi connectivity index (χ1v) is 6.27. The number of nitrogens with zero attached hydrogens (tertiary/aromatic N) is 1. The standard InChI is InChI=1S/C14H24N.ClH/c1-3-4-9-14(2)10-8-13-15-11-6-5-7-12-15;/h5-7,11-12,14H,3-4,8-10,13H2,1-2H3;1H/q+1;/p-1. The minimum Gasteiger partial charge on any atom is -1.00 e. The third-order valence-corrected chi connectivity index (χ3v) is 2.94. The summed E-state index contributed by atoms with van der Waals surface area (Å²) in [4.78, 5) is 0. The van der Waals surface area contributed by atoms with E-state index in [4.69, 9.17) is 0 Å². The summed E-state index contributed by atoms with van der Waals surface area (Å²) in [7, 11) is 0. The van der Waals surface area contributed by atoms with E-state index in [1.807, 2.05) is 0 Å². The van der Waals surface area contributed by atoms with Gasteiger partial charge in [0.05, 0.1) is 0 Å². The van der Waals surface area contributed by atoms with Crippen molar-refractivity contribution in [3.8, 4) is 0 Å². The fraction of sp³-hybridized carbons (Fsp3) is 0.643. The lowest BCUT2D eigenvalue weighted by Crippen LogP contribution is -3.00. The second kappa shape index (κ2) is 9.65. The van der Waals surface area contributed by atoms with E-state index in [2.05, 4.69) is 49.0 Å². The van der Waals surface area contributed by atoms with E-state index in [1.54, 1.807) is 0 Å². The van der Waals surface area contributed by atoms with Gasteiger partial charge in [-0.2, -0.15) is 0 Å². The predicted octanol–water partition coefficient (Wildman–Crippen LogP) is 0.585. The number of pyridine rings is 1. The Bertz CT molecular complexity index is 248. The molecule has 2 heteroatoms. The molecule has 0 saturated carbocycles. The van der Waals surface area contributed by atoms with Crippen LogP contribution in [0.1, 0.15) is 46.0 Å². The molecular formula is C14H24ClN. The first kappa shape index (κ1) is 15.4. The van der Waals surface area contributed by atoms with E-state index in [9.17, 15) is 0 Å². The normalized spacial score (nSPS) is 11.9. The minimum atomic E-state index is 0. The molecule has 0 amide bonds. The van der Waals surface area contributed by atoms with Crippen LogP contribution in [0.5, 0.6) is 0 Å². The average molecular weight is 242 g/mol. The van der Waals surface area contributed by atoms with Crippen molar-refractivity contribution < 1.29 is 17.0 Å². The van der Waals surface area contributed by atoms with Gasteiger partial charge < -0.3 is 12.4 Å². The summed E-state index contributed by atoms with van der Waals surface area (Å²) >= 11 is 0. The number of hydrogen-bond donors (Lipinski definition) is 0. The lowest BCUT2D eigenvalue weighted by atomic mass is 9.99. The highest BCUT2D eigenvalue weighted by Crippen LogP contribution is 2.13. The Morgan fingerprint density at radius 3 is 2.25 bits per heavy atom. The van der Waals surface area contributed by atoms with E-state index in [-0.39, 0.29) is 12.4 Å². The molecular weight excluding hydrogens is 218 g/mol. The molecule has 0 aliphatic carbocycles. The van der Waals surface area contributed by atoms with Crippen molar-refractivity contribution in [1.29, 1.82) is 0 Å². The lowest BCUT2D eigenvalue weighted by Gasteiger charge is -2.08. The van der Waals surface area contributed by atoms with Gasteiger partial charge in [-0.3, -0.25) is 0 Å². The van der Waals surface area contributed by atoms with Gasteiger partial charge in [-0.1, -0.05) is 39.2 Å². The van der Waals surface area contributed by atoms with E-state index < -0.39 is 0 Å². The van der Waals surface area contributed by atoms with Crippen molar-refractivity contribution in [2.24, 2.45) is 5.92 Å². The maximum Gasteiger partial charge on any atom is 0.168 e. The lowest BCUT2D eigenvalue weighted by molar-refractivity contribution is -0.697. The summed E-state index contributed by atoms with van der Waals surface area (Å²) in [5.41, 5.74) is 0. The van der Waals surface area contributed by atoms with Gasteiger partial charge in [0.15, 0.2) is 12.4 Å². The van der Waals surface area contributed by atoms with Crippen molar-refractivity contribution in [3.63, 3.8) is 0 Å². The van der Waals surface area contributed by atoms with Crippen LogP contribution in [0, 0.1) is 5.92 Å². The molecule has 1 heterocycles. The van der Waals surface area contributed by atoms with Crippen LogP contribution >= 0.6 is 0 Å². The summed E-state index contributed by atoms with van der Waals surface area (Å²) in [5.74, 6) is 0.897. The summed E-state index contributed by atoms with van der Waals surface area (Å²) in [5, 5.41) is 0. The molecule has 0 aliphatic rings. The highest BCUT2D eigenvalue weighted by Gasteiger charge is 2.03. The molecule has 1 aromatic heterocycles. The second-order valence-electron chi connectivity index (χ2n) is 4.50. The third-order valence-electron chi connectivity index (χ3n) is 2.94. The zero-order chi connectivity index (χ0) is 10.9. The van der Waals surface area contributed by atoms with Crippen LogP contribution in [0.15, 0.2) is 30.6 Å². The van der Waals surface area contributed by atoms with Crippen LogP contribution in [-0.2, 0) is 6.54 Å². The van der Waals surface area contributed by atoms with Gasteiger partial charge in [-0.25, -0.2) is 4.57 Å². The molecule has 0 saturated heterocycles. The predicted molar refractivity (Wildman–Crippen MR) is 64.6 cm³/mol. The van der Waals surface area contributed by atoms with Gasteiger partial charge in [0.25, 0.3) is 0 Å². The topological polar surface area (TPSA) is 3.88 Å². The molecule has 1 unspecified atom stereocenters. The van der Waals surface area contributed by atoms with Crippen LogP contribution in [0.4, 0.5) is 0 Å². The smallest absolute Gasteiger partial charge is 0.168 e. The third kappa shape index (κ3) is 6.84. The molecule has 0 bridgehead atoms. The van der Waals surface area contributed by atoms with Crippen LogP contribution < -0.4 is 17.0 Å². The van der Waals surface area contributed by atoms with Crippen molar-refractivity contribution in [2.45, 2.75) is 52.5 Å². The Morgan fingerprint density at radius 1 is 1.00 bits per heavy atom. The highest BCUT2D eigenvalue weighted by molar-refractivity contribution is 4.83. The minimum absolute atomic E-state index is 0. The van der Waals surface area contributed by atoms with Crippen molar-refractivity contribution >= 4 is 0 Å². The zero-order valence-corrected chi connectivity index (χ0v) is 11.3. The summed E-state index contributed by atoms with van der Waals surface area (Å²) in [6.07, 6.45) is 11.1. The molecule has 0 spiro atoms. The van der Waals surface area contributed by atoms with Gasteiger partial charge in [0.2, 0.25) is 0 Å². The van der Waals surface area contributed by atoms with Crippen LogP contribution in [0.25, 0.3) is 0 Å². The maximum atomic E-state index is 2.38. The Kier molecular flexibility index (Phi) is 9.31. The van der Waals surface area contributed by atoms with Crippen LogP contribution in [0.3, 0.4) is 0 Å². The van der Waals surface area contributed by atoms with Crippen LogP contribution in [-0.4, -0.2) is 0 Å². The molecule has 1 rings (SSSR count). The molecule has 0 radical (unpaired) electrons. The maximum absolute atomic E-state index is 2.38. The van der Waals surface area contributed by atoms with Crippen molar-refractivity contribution in [1.82, 2.24) is 0 Å². The van der Waals surface area contributed by atoms with E-state index in [0.29, 0.717) is 0 Å². The van der Waals surface area contributed by atoms with Crippen molar-refractivity contribution in [3.05, 3.63) is 30.6 Å². The van der Waals surface area contributed by atoms with E-state index in [0.717, 1.165) is 12.5 Å². The SMILES string of the molecule is CCCCC(C)CCC[n+]1ccccc1.[Cl-].